The van der Waals surface area contributed by atoms with Gasteiger partial charge in [0.05, 0.1) is 0 Å². The Morgan fingerprint density at radius 2 is 1.43 bits per heavy atom. The molecule has 1 aromatic rings. The molecule has 0 saturated carbocycles. The quantitative estimate of drug-likeness (QED) is 0.538. The highest BCUT2D eigenvalue weighted by atomic mass is 16.6. The van der Waals surface area contributed by atoms with E-state index < -0.39 is 34.9 Å². The van der Waals surface area contributed by atoms with Gasteiger partial charge in [0.15, 0.2) is 0 Å². The predicted molar refractivity (Wildman–Crippen MR) is 141 cm³/mol. The smallest absolute Gasteiger partial charge is 0.408 e. The molecular weight excluding hydrogens is 442 g/mol. The normalized spacial score (nSPS) is 14.2. The number of benzene rings is 1. The van der Waals surface area contributed by atoms with Gasteiger partial charge in [-0.15, -0.1) is 0 Å². The van der Waals surface area contributed by atoms with Gasteiger partial charge in [-0.3, -0.25) is 9.59 Å². The van der Waals surface area contributed by atoms with Crippen molar-refractivity contribution in [2.45, 2.75) is 118 Å². The van der Waals surface area contributed by atoms with E-state index in [9.17, 15) is 14.4 Å². The minimum absolute atomic E-state index is 0.228. The van der Waals surface area contributed by atoms with Crippen molar-refractivity contribution in [2.75, 3.05) is 0 Å². The van der Waals surface area contributed by atoms with Crippen LogP contribution in [0.25, 0.3) is 0 Å². The van der Waals surface area contributed by atoms with Crippen LogP contribution >= 0.6 is 0 Å². The zero-order valence-corrected chi connectivity index (χ0v) is 23.8. The maximum absolute atomic E-state index is 14.1. The van der Waals surface area contributed by atoms with E-state index in [-0.39, 0.29) is 17.7 Å². The average molecular weight is 490 g/mol. The first-order valence-electron chi connectivity index (χ1n) is 12.5. The standard InChI is InChI=1S/C28H47N3O4/c1-13-19-14-16-20(17-15-19)22(23(32)30-26(4,5)6)31(27(7,8)9)24(33)21(18(2)3)29-25(34)35-28(10,11)12/h14-18,21-22H,13H2,1-12H3,(H,29,34)(H,30,32). The predicted octanol–water partition coefficient (Wildman–Crippen LogP) is 5.38. The van der Waals surface area contributed by atoms with Crippen LogP contribution in [0.4, 0.5) is 4.79 Å². The molecule has 1 aromatic carbocycles. The largest absolute Gasteiger partial charge is 0.444 e. The number of carbonyl (C=O) groups is 3. The number of rotatable bonds is 7. The maximum atomic E-state index is 14.1. The molecule has 7 heteroatoms. The lowest BCUT2D eigenvalue weighted by Gasteiger charge is -2.44. The van der Waals surface area contributed by atoms with Gasteiger partial charge >= 0.3 is 6.09 Å². The number of aryl methyl sites for hydroxylation is 1. The van der Waals surface area contributed by atoms with Crippen LogP contribution in [0.1, 0.15) is 100 Å². The third kappa shape index (κ3) is 9.54. The molecule has 0 spiro atoms. The van der Waals surface area contributed by atoms with Crippen LogP contribution in [0.2, 0.25) is 0 Å². The van der Waals surface area contributed by atoms with Gasteiger partial charge in [-0.2, -0.15) is 0 Å². The Labute approximate surface area is 212 Å². The molecule has 1 rings (SSSR count). The molecule has 0 heterocycles. The molecule has 0 bridgehead atoms. The lowest BCUT2D eigenvalue weighted by Crippen LogP contribution is -2.60. The summed E-state index contributed by atoms with van der Waals surface area (Å²) in [5.41, 5.74) is -0.0501. The molecule has 0 aliphatic heterocycles. The van der Waals surface area contributed by atoms with E-state index in [4.69, 9.17) is 4.74 Å². The van der Waals surface area contributed by atoms with Gasteiger partial charge < -0.3 is 20.3 Å². The number of nitrogens with one attached hydrogen (secondary N) is 2. The van der Waals surface area contributed by atoms with E-state index in [0.29, 0.717) is 5.56 Å². The second kappa shape index (κ2) is 11.4. The van der Waals surface area contributed by atoms with E-state index in [2.05, 4.69) is 17.6 Å². The minimum atomic E-state index is -0.880. The Morgan fingerprint density at radius 1 is 0.914 bits per heavy atom. The molecule has 3 amide bonds. The number of hydrogen-bond acceptors (Lipinski definition) is 4. The topological polar surface area (TPSA) is 87.7 Å². The molecule has 2 unspecified atom stereocenters. The van der Waals surface area contributed by atoms with Crippen LogP contribution in [-0.4, -0.2) is 45.5 Å². The van der Waals surface area contributed by atoms with Crippen molar-refractivity contribution in [1.29, 1.82) is 0 Å². The summed E-state index contributed by atoms with van der Waals surface area (Å²) in [6, 6.07) is 6.03. The van der Waals surface area contributed by atoms with Crippen LogP contribution < -0.4 is 10.6 Å². The second-order valence-corrected chi connectivity index (χ2v) is 12.5. The SMILES string of the molecule is CCc1ccc(C(C(=O)NC(C)(C)C)N(C(=O)C(NC(=O)OC(C)(C)C)C(C)C)C(C)(C)C)cc1. The van der Waals surface area contributed by atoms with Crippen molar-refractivity contribution < 1.29 is 19.1 Å². The summed E-state index contributed by atoms with van der Waals surface area (Å²) in [7, 11) is 0. The molecule has 0 aromatic heterocycles. The Bertz CT molecular complexity index is 871. The molecule has 0 aliphatic carbocycles. The number of alkyl carbamates (subject to hydrolysis) is 1. The molecule has 0 saturated heterocycles. The van der Waals surface area contributed by atoms with Crippen molar-refractivity contribution >= 4 is 17.9 Å². The van der Waals surface area contributed by atoms with E-state index in [1.807, 2.05) is 79.7 Å². The zero-order chi connectivity index (χ0) is 27.4. The average Bonchev–Trinajstić information content (AvgIpc) is 2.66. The summed E-state index contributed by atoms with van der Waals surface area (Å²) in [4.78, 5) is 42.0. The second-order valence-electron chi connectivity index (χ2n) is 12.5. The fourth-order valence-corrected chi connectivity index (χ4v) is 3.73. The third-order valence-electron chi connectivity index (χ3n) is 5.27. The summed E-state index contributed by atoms with van der Waals surface area (Å²) < 4.78 is 5.42. The zero-order valence-electron chi connectivity index (χ0n) is 23.8. The van der Waals surface area contributed by atoms with Gasteiger partial charge in [-0.25, -0.2) is 4.79 Å². The van der Waals surface area contributed by atoms with Crippen molar-refractivity contribution in [3.63, 3.8) is 0 Å². The van der Waals surface area contributed by atoms with Crippen LogP contribution in [0.3, 0.4) is 0 Å². The molecule has 0 aliphatic rings. The van der Waals surface area contributed by atoms with Gasteiger partial charge in [0, 0.05) is 11.1 Å². The van der Waals surface area contributed by atoms with Crippen molar-refractivity contribution in [3.05, 3.63) is 35.4 Å². The maximum Gasteiger partial charge on any atom is 0.408 e. The first kappa shape index (κ1) is 30.5. The van der Waals surface area contributed by atoms with E-state index in [1.165, 1.54) is 0 Å². The van der Waals surface area contributed by atoms with Crippen molar-refractivity contribution in [2.24, 2.45) is 5.92 Å². The number of ether oxygens (including phenoxy) is 1. The Morgan fingerprint density at radius 3 is 1.80 bits per heavy atom. The Kier molecular flexibility index (Phi) is 9.96. The van der Waals surface area contributed by atoms with Gasteiger partial charge in [-0.05, 0) is 85.8 Å². The minimum Gasteiger partial charge on any atom is -0.444 e. The first-order valence-corrected chi connectivity index (χ1v) is 12.5. The lowest BCUT2D eigenvalue weighted by molar-refractivity contribution is -0.149. The van der Waals surface area contributed by atoms with Crippen LogP contribution in [0, 0.1) is 5.92 Å². The number of nitrogens with zero attached hydrogens (tertiary/aromatic N) is 1. The van der Waals surface area contributed by atoms with E-state index in [1.54, 1.807) is 25.7 Å². The summed E-state index contributed by atoms with van der Waals surface area (Å²) in [5, 5.41) is 5.80. The summed E-state index contributed by atoms with van der Waals surface area (Å²) in [5.74, 6) is -0.842. The van der Waals surface area contributed by atoms with Crippen LogP contribution in [0.5, 0.6) is 0 Å². The molecule has 2 atom stereocenters. The van der Waals surface area contributed by atoms with Gasteiger partial charge in [-0.1, -0.05) is 45.0 Å². The van der Waals surface area contributed by atoms with Crippen LogP contribution in [0.15, 0.2) is 24.3 Å². The summed E-state index contributed by atoms with van der Waals surface area (Å²) >= 11 is 0. The van der Waals surface area contributed by atoms with E-state index >= 15 is 0 Å². The highest BCUT2D eigenvalue weighted by Gasteiger charge is 2.43. The molecule has 0 radical (unpaired) electrons. The fraction of sp³-hybridized carbons (Fsp3) is 0.679. The van der Waals surface area contributed by atoms with Gasteiger partial charge in [0.25, 0.3) is 0 Å². The Balaban J connectivity index is 3.58. The number of hydrogen-bond donors (Lipinski definition) is 2. The number of carbonyl (C=O) groups excluding carboxylic acids is 3. The van der Waals surface area contributed by atoms with Crippen molar-refractivity contribution in [1.82, 2.24) is 15.5 Å². The lowest BCUT2D eigenvalue weighted by atomic mass is 9.92. The first-order chi connectivity index (χ1) is 15.8. The van der Waals surface area contributed by atoms with Gasteiger partial charge in [0.1, 0.15) is 17.7 Å². The molecular formula is C28H47N3O4. The number of amides is 3. The van der Waals surface area contributed by atoms with Crippen LogP contribution in [-0.2, 0) is 20.7 Å². The third-order valence-corrected chi connectivity index (χ3v) is 5.27. The summed E-state index contributed by atoms with van der Waals surface area (Å²) in [6.07, 6.45) is 0.206. The highest BCUT2D eigenvalue weighted by molar-refractivity contribution is 5.93. The molecule has 198 valence electrons. The van der Waals surface area contributed by atoms with E-state index in [0.717, 1.165) is 12.0 Å². The van der Waals surface area contributed by atoms with Gasteiger partial charge in [0.2, 0.25) is 11.8 Å². The van der Waals surface area contributed by atoms with Crippen molar-refractivity contribution in [3.8, 4) is 0 Å². The summed E-state index contributed by atoms with van der Waals surface area (Å²) in [6.45, 7) is 22.5. The molecule has 35 heavy (non-hydrogen) atoms. The Hall–Kier alpha value is -2.57. The fourth-order valence-electron chi connectivity index (χ4n) is 3.73. The monoisotopic (exact) mass is 489 g/mol. The molecule has 2 N–H and O–H groups in total. The molecule has 7 nitrogen and oxygen atoms in total. The molecule has 0 fully saturated rings. The highest BCUT2D eigenvalue weighted by Crippen LogP contribution is 2.31.